The molecule has 4 nitrogen and oxygen atoms in total. The molecule has 0 heterocycles. The summed E-state index contributed by atoms with van der Waals surface area (Å²) in [5.74, 6) is -0.446. The van der Waals surface area contributed by atoms with Gasteiger partial charge in [0.2, 0.25) is 0 Å². The molecule has 1 atom stereocenters. The SMILES string of the molecule is Cl.NC(O)(CCCc1ccccc1)C(=O)NC1CC1. The standard InChI is InChI=1S/C14H20N2O2.ClH/c15-14(18,13(17)16-12-8-9-12)10-4-7-11-5-2-1-3-6-11;/h1-3,5-6,12,18H,4,7-10,15H2,(H,16,17);1H. The summed E-state index contributed by atoms with van der Waals surface area (Å²) in [6.07, 6.45) is 3.77. The molecule has 1 aliphatic rings. The zero-order valence-corrected chi connectivity index (χ0v) is 11.7. The van der Waals surface area contributed by atoms with E-state index in [1.165, 1.54) is 5.56 Å². The molecule has 5 heteroatoms. The molecule has 1 amide bonds. The van der Waals surface area contributed by atoms with Crippen LogP contribution in [0.15, 0.2) is 30.3 Å². The maximum atomic E-state index is 11.7. The van der Waals surface area contributed by atoms with Crippen LogP contribution in [0.25, 0.3) is 0 Å². The van der Waals surface area contributed by atoms with Crippen molar-refractivity contribution in [3.05, 3.63) is 35.9 Å². The Hall–Kier alpha value is -1.10. The fraction of sp³-hybridized carbons (Fsp3) is 0.500. The Labute approximate surface area is 119 Å². The number of carbonyl (C=O) groups is 1. The molecule has 0 aliphatic heterocycles. The van der Waals surface area contributed by atoms with Gasteiger partial charge in [-0.05, 0) is 37.7 Å². The molecule has 0 aromatic heterocycles. The highest BCUT2D eigenvalue weighted by Crippen LogP contribution is 2.20. The van der Waals surface area contributed by atoms with E-state index in [4.69, 9.17) is 5.73 Å². The third-order valence-electron chi connectivity index (χ3n) is 3.17. The number of aliphatic hydroxyl groups is 1. The minimum atomic E-state index is -1.74. The molecule has 4 N–H and O–H groups in total. The zero-order chi connectivity index (χ0) is 13.0. The van der Waals surface area contributed by atoms with Crippen molar-refractivity contribution in [1.29, 1.82) is 0 Å². The topological polar surface area (TPSA) is 75.3 Å². The Bertz CT molecular complexity index is 405. The van der Waals surface area contributed by atoms with Gasteiger partial charge >= 0.3 is 0 Å². The van der Waals surface area contributed by atoms with E-state index in [2.05, 4.69) is 5.32 Å². The van der Waals surface area contributed by atoms with E-state index in [1.54, 1.807) is 0 Å². The largest absolute Gasteiger partial charge is 0.368 e. The molecule has 0 saturated heterocycles. The first kappa shape index (κ1) is 16.0. The number of nitrogens with two attached hydrogens (primary N) is 1. The first-order valence-corrected chi connectivity index (χ1v) is 6.44. The maximum absolute atomic E-state index is 11.7. The van der Waals surface area contributed by atoms with Crippen molar-refractivity contribution >= 4 is 18.3 Å². The van der Waals surface area contributed by atoms with Crippen molar-refractivity contribution < 1.29 is 9.90 Å². The molecule has 1 aliphatic carbocycles. The molecule has 2 rings (SSSR count). The van der Waals surface area contributed by atoms with Crippen LogP contribution in [-0.2, 0) is 11.2 Å². The lowest BCUT2D eigenvalue weighted by Gasteiger charge is -2.22. The summed E-state index contributed by atoms with van der Waals surface area (Å²) >= 11 is 0. The van der Waals surface area contributed by atoms with Gasteiger partial charge in [-0.2, -0.15) is 0 Å². The smallest absolute Gasteiger partial charge is 0.267 e. The molecule has 1 saturated carbocycles. The average Bonchev–Trinajstić information content (AvgIpc) is 3.14. The predicted octanol–water partition coefficient (Wildman–Crippen LogP) is 1.36. The third-order valence-corrected chi connectivity index (χ3v) is 3.17. The number of carbonyl (C=O) groups excluding carboxylic acids is 1. The van der Waals surface area contributed by atoms with Gasteiger partial charge in [-0.15, -0.1) is 12.4 Å². The molecule has 0 spiro atoms. The lowest BCUT2D eigenvalue weighted by molar-refractivity contribution is -0.140. The minimum Gasteiger partial charge on any atom is -0.368 e. The molecule has 19 heavy (non-hydrogen) atoms. The Balaban J connectivity index is 0.00000180. The zero-order valence-electron chi connectivity index (χ0n) is 10.8. The highest BCUT2D eigenvalue weighted by atomic mass is 35.5. The summed E-state index contributed by atoms with van der Waals surface area (Å²) < 4.78 is 0. The predicted molar refractivity (Wildman–Crippen MR) is 76.9 cm³/mol. The van der Waals surface area contributed by atoms with Crippen molar-refractivity contribution in [2.75, 3.05) is 0 Å². The minimum absolute atomic E-state index is 0. The van der Waals surface area contributed by atoms with Crippen LogP contribution >= 0.6 is 12.4 Å². The van der Waals surface area contributed by atoms with Crippen LogP contribution in [0.3, 0.4) is 0 Å². The number of benzene rings is 1. The van der Waals surface area contributed by atoms with E-state index in [0.29, 0.717) is 6.42 Å². The summed E-state index contributed by atoms with van der Waals surface area (Å²) in [5.41, 5.74) is 5.10. The van der Waals surface area contributed by atoms with E-state index >= 15 is 0 Å². The van der Waals surface area contributed by atoms with Crippen LogP contribution in [0.1, 0.15) is 31.2 Å². The van der Waals surface area contributed by atoms with Crippen molar-refractivity contribution in [3.8, 4) is 0 Å². The molecule has 0 bridgehead atoms. The normalized spacial score (nSPS) is 17.2. The number of halogens is 1. The first-order chi connectivity index (χ1) is 8.58. The van der Waals surface area contributed by atoms with E-state index in [9.17, 15) is 9.90 Å². The van der Waals surface area contributed by atoms with Gasteiger partial charge in [0.15, 0.2) is 5.72 Å². The Morgan fingerprint density at radius 3 is 2.58 bits per heavy atom. The quantitative estimate of drug-likeness (QED) is 0.691. The summed E-state index contributed by atoms with van der Waals surface area (Å²) in [7, 11) is 0. The van der Waals surface area contributed by atoms with Crippen LogP contribution in [0.5, 0.6) is 0 Å². The fourth-order valence-electron chi connectivity index (χ4n) is 1.86. The molecule has 1 fully saturated rings. The highest BCUT2D eigenvalue weighted by Gasteiger charge is 2.34. The summed E-state index contributed by atoms with van der Waals surface area (Å²) in [5, 5.41) is 12.6. The lowest BCUT2D eigenvalue weighted by Crippen LogP contribution is -2.54. The van der Waals surface area contributed by atoms with Crippen LogP contribution < -0.4 is 11.1 Å². The van der Waals surface area contributed by atoms with Gasteiger partial charge in [0, 0.05) is 6.04 Å². The number of rotatable bonds is 6. The van der Waals surface area contributed by atoms with Gasteiger partial charge in [0.25, 0.3) is 5.91 Å². The second-order valence-electron chi connectivity index (χ2n) is 5.01. The van der Waals surface area contributed by atoms with Crippen molar-refractivity contribution in [2.24, 2.45) is 5.73 Å². The van der Waals surface area contributed by atoms with Crippen LogP contribution in [-0.4, -0.2) is 22.8 Å². The number of nitrogens with one attached hydrogen (secondary N) is 1. The Morgan fingerprint density at radius 2 is 2.00 bits per heavy atom. The number of aryl methyl sites for hydroxylation is 1. The van der Waals surface area contributed by atoms with Gasteiger partial charge in [0.05, 0.1) is 0 Å². The number of hydrogen-bond donors (Lipinski definition) is 3. The lowest BCUT2D eigenvalue weighted by atomic mass is 10.0. The van der Waals surface area contributed by atoms with Crippen LogP contribution in [0, 0.1) is 0 Å². The summed E-state index contributed by atoms with van der Waals surface area (Å²) in [6, 6.07) is 10.2. The van der Waals surface area contributed by atoms with Gasteiger partial charge in [-0.3, -0.25) is 10.5 Å². The van der Waals surface area contributed by atoms with Crippen molar-refractivity contribution in [2.45, 2.75) is 43.9 Å². The van der Waals surface area contributed by atoms with E-state index in [1.807, 2.05) is 30.3 Å². The van der Waals surface area contributed by atoms with Crippen LogP contribution in [0.4, 0.5) is 0 Å². The van der Waals surface area contributed by atoms with Gasteiger partial charge < -0.3 is 10.4 Å². The van der Waals surface area contributed by atoms with Gasteiger partial charge in [-0.25, -0.2) is 0 Å². The van der Waals surface area contributed by atoms with E-state index in [-0.39, 0.29) is 24.9 Å². The molecular weight excluding hydrogens is 264 g/mol. The maximum Gasteiger partial charge on any atom is 0.267 e. The molecule has 1 unspecified atom stereocenters. The fourth-order valence-corrected chi connectivity index (χ4v) is 1.86. The molecule has 1 aromatic rings. The van der Waals surface area contributed by atoms with E-state index < -0.39 is 11.6 Å². The summed E-state index contributed by atoms with van der Waals surface area (Å²) in [6.45, 7) is 0. The molecule has 0 radical (unpaired) electrons. The Morgan fingerprint density at radius 1 is 1.37 bits per heavy atom. The van der Waals surface area contributed by atoms with Gasteiger partial charge in [-0.1, -0.05) is 30.3 Å². The van der Waals surface area contributed by atoms with Gasteiger partial charge in [0.1, 0.15) is 0 Å². The second-order valence-corrected chi connectivity index (χ2v) is 5.01. The molecular formula is C14H21ClN2O2. The van der Waals surface area contributed by atoms with E-state index in [0.717, 1.165) is 19.3 Å². The molecule has 1 aromatic carbocycles. The number of amides is 1. The summed E-state index contributed by atoms with van der Waals surface area (Å²) in [4.78, 5) is 11.7. The first-order valence-electron chi connectivity index (χ1n) is 6.44. The third kappa shape index (κ3) is 5.19. The number of hydrogen-bond acceptors (Lipinski definition) is 3. The Kier molecular flexibility index (Phi) is 5.79. The van der Waals surface area contributed by atoms with Crippen molar-refractivity contribution in [3.63, 3.8) is 0 Å². The molecule has 106 valence electrons. The van der Waals surface area contributed by atoms with Crippen molar-refractivity contribution in [1.82, 2.24) is 5.32 Å². The highest BCUT2D eigenvalue weighted by molar-refractivity contribution is 5.85. The monoisotopic (exact) mass is 284 g/mol. The average molecular weight is 285 g/mol. The van der Waals surface area contributed by atoms with Crippen LogP contribution in [0.2, 0.25) is 0 Å². The second kappa shape index (κ2) is 6.89.